The Kier molecular flexibility index (Phi) is 4.64. The van der Waals surface area contributed by atoms with Crippen molar-refractivity contribution in [1.82, 2.24) is 0 Å². The molecular formula is C13H17F2NO2. The molecule has 1 aromatic carbocycles. The molecule has 1 aromatic rings. The van der Waals surface area contributed by atoms with Gasteiger partial charge in [0.1, 0.15) is 17.3 Å². The summed E-state index contributed by atoms with van der Waals surface area (Å²) in [6, 6.07) is 1.69. The number of anilines is 1. The van der Waals surface area contributed by atoms with E-state index in [1.165, 1.54) is 0 Å². The fourth-order valence-electron chi connectivity index (χ4n) is 1.87. The van der Waals surface area contributed by atoms with Gasteiger partial charge in [-0.05, 0) is 32.4 Å². The van der Waals surface area contributed by atoms with Crippen LogP contribution < -0.4 is 4.90 Å². The quantitative estimate of drug-likeness (QED) is 0.880. The smallest absolute Gasteiger partial charge is 0.335 e. The lowest BCUT2D eigenvalue weighted by atomic mass is 10.1. The minimum Gasteiger partial charge on any atom is -0.478 e. The fraction of sp³-hybridized carbons (Fsp3) is 0.462. The molecule has 0 fully saturated rings. The van der Waals surface area contributed by atoms with Gasteiger partial charge < -0.3 is 10.0 Å². The second-order valence-corrected chi connectivity index (χ2v) is 4.14. The van der Waals surface area contributed by atoms with Crippen LogP contribution in [0.15, 0.2) is 12.1 Å². The van der Waals surface area contributed by atoms with Gasteiger partial charge in [0, 0.05) is 12.6 Å². The van der Waals surface area contributed by atoms with Crippen LogP contribution in [-0.2, 0) is 0 Å². The van der Waals surface area contributed by atoms with Crippen molar-refractivity contribution in [3.63, 3.8) is 0 Å². The van der Waals surface area contributed by atoms with Crippen LogP contribution >= 0.6 is 0 Å². The largest absolute Gasteiger partial charge is 0.478 e. The number of benzene rings is 1. The van der Waals surface area contributed by atoms with Gasteiger partial charge in [0.2, 0.25) is 0 Å². The van der Waals surface area contributed by atoms with Gasteiger partial charge in [0.15, 0.2) is 0 Å². The van der Waals surface area contributed by atoms with Crippen molar-refractivity contribution in [2.24, 2.45) is 0 Å². The zero-order valence-electron chi connectivity index (χ0n) is 10.7. The maximum Gasteiger partial charge on any atom is 0.335 e. The summed E-state index contributed by atoms with van der Waals surface area (Å²) in [5.74, 6) is -3.02. The predicted molar refractivity (Wildman–Crippen MR) is 66.1 cm³/mol. The number of nitrogens with zero attached hydrogens (tertiary/aromatic N) is 1. The van der Waals surface area contributed by atoms with Gasteiger partial charge in [0.25, 0.3) is 0 Å². The highest BCUT2D eigenvalue weighted by Crippen LogP contribution is 2.27. The van der Waals surface area contributed by atoms with Gasteiger partial charge in [0.05, 0.1) is 5.56 Å². The summed E-state index contributed by atoms with van der Waals surface area (Å²) in [6.45, 7) is 6.05. The van der Waals surface area contributed by atoms with Crippen molar-refractivity contribution in [3.05, 3.63) is 29.3 Å². The first-order valence-electron chi connectivity index (χ1n) is 5.91. The van der Waals surface area contributed by atoms with E-state index in [4.69, 9.17) is 5.11 Å². The van der Waals surface area contributed by atoms with Gasteiger partial charge >= 0.3 is 5.97 Å². The van der Waals surface area contributed by atoms with E-state index in [-0.39, 0.29) is 17.3 Å². The van der Waals surface area contributed by atoms with Crippen LogP contribution in [0.25, 0.3) is 0 Å². The molecule has 0 amide bonds. The number of halogens is 2. The van der Waals surface area contributed by atoms with E-state index < -0.39 is 17.6 Å². The normalized spacial score (nSPS) is 12.3. The Hall–Kier alpha value is -1.65. The van der Waals surface area contributed by atoms with Crippen molar-refractivity contribution in [2.75, 3.05) is 11.4 Å². The molecule has 0 spiro atoms. The van der Waals surface area contributed by atoms with Crippen LogP contribution in [0.2, 0.25) is 0 Å². The Balaban J connectivity index is 3.28. The predicted octanol–water partition coefficient (Wildman–Crippen LogP) is 3.29. The zero-order valence-corrected chi connectivity index (χ0v) is 10.7. The van der Waals surface area contributed by atoms with E-state index in [1.807, 2.05) is 13.8 Å². The topological polar surface area (TPSA) is 40.5 Å². The SMILES string of the molecule is CCC(C)N(CC)c1c(F)cc(C(=O)O)cc1F. The van der Waals surface area contributed by atoms with Crippen LogP contribution in [0.1, 0.15) is 37.6 Å². The van der Waals surface area contributed by atoms with Crippen LogP contribution in [-0.4, -0.2) is 23.7 Å². The molecule has 100 valence electrons. The molecule has 5 heteroatoms. The van der Waals surface area contributed by atoms with Crippen LogP contribution in [0, 0.1) is 11.6 Å². The summed E-state index contributed by atoms with van der Waals surface area (Å²) < 4.78 is 27.7. The van der Waals surface area contributed by atoms with Crippen LogP contribution in [0.4, 0.5) is 14.5 Å². The van der Waals surface area contributed by atoms with Gasteiger partial charge in [-0.1, -0.05) is 6.92 Å². The molecule has 0 bridgehead atoms. The molecule has 0 heterocycles. The van der Waals surface area contributed by atoms with E-state index >= 15 is 0 Å². The van der Waals surface area contributed by atoms with Crippen molar-refractivity contribution < 1.29 is 18.7 Å². The van der Waals surface area contributed by atoms with Gasteiger partial charge in [-0.3, -0.25) is 0 Å². The lowest BCUT2D eigenvalue weighted by Crippen LogP contribution is -2.34. The molecule has 3 nitrogen and oxygen atoms in total. The highest BCUT2D eigenvalue weighted by molar-refractivity contribution is 5.88. The Morgan fingerprint density at radius 1 is 1.33 bits per heavy atom. The molecule has 0 aliphatic rings. The summed E-state index contributed by atoms with van der Waals surface area (Å²) in [5.41, 5.74) is -0.536. The summed E-state index contributed by atoms with van der Waals surface area (Å²) in [4.78, 5) is 12.3. The first-order chi connectivity index (χ1) is 8.42. The lowest BCUT2D eigenvalue weighted by molar-refractivity contribution is 0.0696. The Morgan fingerprint density at radius 3 is 2.17 bits per heavy atom. The first-order valence-corrected chi connectivity index (χ1v) is 5.91. The standard InChI is InChI=1S/C13H17F2NO2/c1-4-8(3)16(5-2)12-10(14)6-9(13(17)18)7-11(12)15/h6-8H,4-5H2,1-3H3,(H,17,18). The molecule has 1 unspecified atom stereocenters. The summed E-state index contributed by atoms with van der Waals surface area (Å²) >= 11 is 0. The van der Waals surface area contributed by atoms with Crippen molar-refractivity contribution in [3.8, 4) is 0 Å². The molecule has 1 atom stereocenters. The average Bonchev–Trinajstić information content (AvgIpc) is 2.32. The molecule has 1 N–H and O–H groups in total. The maximum atomic E-state index is 13.9. The number of carbonyl (C=O) groups is 1. The molecule has 0 radical (unpaired) electrons. The minimum atomic E-state index is -1.34. The van der Waals surface area contributed by atoms with Crippen LogP contribution in [0.5, 0.6) is 0 Å². The third-order valence-electron chi connectivity index (χ3n) is 3.01. The van der Waals surface area contributed by atoms with Crippen LogP contribution in [0.3, 0.4) is 0 Å². The third-order valence-corrected chi connectivity index (χ3v) is 3.01. The summed E-state index contributed by atoms with van der Waals surface area (Å²) in [6.07, 6.45) is 0.743. The van der Waals surface area contributed by atoms with Crippen molar-refractivity contribution in [2.45, 2.75) is 33.2 Å². The van der Waals surface area contributed by atoms with E-state index in [0.29, 0.717) is 6.54 Å². The number of hydrogen-bond acceptors (Lipinski definition) is 2. The second kappa shape index (κ2) is 5.80. The number of carboxylic acid groups (broad SMARTS) is 1. The molecule has 0 aromatic heterocycles. The molecule has 0 aliphatic heterocycles. The fourth-order valence-corrected chi connectivity index (χ4v) is 1.87. The number of rotatable bonds is 5. The molecule has 0 saturated carbocycles. The Labute approximate surface area is 105 Å². The molecular weight excluding hydrogens is 240 g/mol. The summed E-state index contributed by atoms with van der Waals surface area (Å²) in [7, 11) is 0. The van der Waals surface area contributed by atoms with E-state index in [0.717, 1.165) is 18.6 Å². The highest BCUT2D eigenvalue weighted by atomic mass is 19.1. The Bertz CT molecular complexity index is 426. The monoisotopic (exact) mass is 257 g/mol. The molecule has 0 saturated heterocycles. The van der Waals surface area contributed by atoms with E-state index in [1.54, 1.807) is 11.8 Å². The molecule has 18 heavy (non-hydrogen) atoms. The van der Waals surface area contributed by atoms with Gasteiger partial charge in [-0.25, -0.2) is 13.6 Å². The van der Waals surface area contributed by atoms with Gasteiger partial charge in [-0.15, -0.1) is 0 Å². The van der Waals surface area contributed by atoms with Crippen molar-refractivity contribution >= 4 is 11.7 Å². The third kappa shape index (κ3) is 2.78. The second-order valence-electron chi connectivity index (χ2n) is 4.14. The number of aromatic carboxylic acids is 1. The maximum absolute atomic E-state index is 13.9. The van der Waals surface area contributed by atoms with Crippen molar-refractivity contribution in [1.29, 1.82) is 0 Å². The number of hydrogen-bond donors (Lipinski definition) is 1. The first kappa shape index (κ1) is 14.4. The average molecular weight is 257 g/mol. The van der Waals surface area contributed by atoms with Gasteiger partial charge in [-0.2, -0.15) is 0 Å². The lowest BCUT2D eigenvalue weighted by Gasteiger charge is -2.30. The summed E-state index contributed by atoms with van der Waals surface area (Å²) in [5, 5.41) is 8.73. The number of carboxylic acids is 1. The minimum absolute atomic E-state index is 0.0188. The molecule has 1 rings (SSSR count). The molecule has 0 aliphatic carbocycles. The van der Waals surface area contributed by atoms with E-state index in [9.17, 15) is 13.6 Å². The highest BCUT2D eigenvalue weighted by Gasteiger charge is 2.21. The zero-order chi connectivity index (χ0) is 13.9. The Morgan fingerprint density at radius 2 is 1.83 bits per heavy atom. The van der Waals surface area contributed by atoms with E-state index in [2.05, 4.69) is 0 Å².